The number of benzene rings is 3. The predicted molar refractivity (Wildman–Crippen MR) is 127 cm³/mol. The van der Waals surface area contributed by atoms with E-state index in [1.54, 1.807) is 34.9 Å². The lowest BCUT2D eigenvalue weighted by atomic mass is 10.1. The molecule has 0 radical (unpaired) electrons. The van der Waals surface area contributed by atoms with Crippen molar-refractivity contribution in [2.45, 2.75) is 25.4 Å². The van der Waals surface area contributed by atoms with Gasteiger partial charge in [-0.2, -0.15) is 0 Å². The highest BCUT2D eigenvalue weighted by Crippen LogP contribution is 2.30. The fourth-order valence-corrected chi connectivity index (χ4v) is 4.26. The number of halogens is 2. The van der Waals surface area contributed by atoms with Crippen molar-refractivity contribution >= 4 is 23.4 Å². The van der Waals surface area contributed by atoms with E-state index in [0.29, 0.717) is 10.8 Å². The van der Waals surface area contributed by atoms with Gasteiger partial charge in [-0.25, -0.2) is 8.78 Å². The van der Waals surface area contributed by atoms with Crippen LogP contribution in [0.2, 0.25) is 0 Å². The molecule has 1 amide bonds. The standard InChI is InChI=1S/C25H22F2N4OS/c1-3-17-8-6-7-16(2)23(17)28-22(32)15-33-25-30-29-24(20-9-4-5-10-21(20)27)31(25)19-13-11-18(26)12-14-19/h4-14H,3,15H2,1-2H3,(H,28,32). The molecule has 8 heteroatoms. The third-order valence-corrected chi connectivity index (χ3v) is 6.10. The monoisotopic (exact) mass is 464 g/mol. The van der Waals surface area contributed by atoms with Crippen molar-refractivity contribution in [2.75, 3.05) is 11.1 Å². The zero-order valence-electron chi connectivity index (χ0n) is 18.2. The van der Waals surface area contributed by atoms with Gasteiger partial charge in [-0.05, 0) is 60.9 Å². The summed E-state index contributed by atoms with van der Waals surface area (Å²) in [6.45, 7) is 3.99. The number of nitrogens with one attached hydrogen (secondary N) is 1. The molecule has 0 saturated carbocycles. The van der Waals surface area contributed by atoms with Crippen LogP contribution in [0.3, 0.4) is 0 Å². The van der Waals surface area contributed by atoms with E-state index >= 15 is 0 Å². The molecule has 5 nitrogen and oxygen atoms in total. The lowest BCUT2D eigenvalue weighted by Crippen LogP contribution is -2.16. The summed E-state index contributed by atoms with van der Waals surface area (Å²) in [6, 6.07) is 17.9. The Labute approximate surface area is 194 Å². The van der Waals surface area contributed by atoms with Gasteiger partial charge in [-0.15, -0.1) is 10.2 Å². The van der Waals surface area contributed by atoms with E-state index in [-0.39, 0.29) is 23.0 Å². The molecule has 4 aromatic rings. The van der Waals surface area contributed by atoms with Crippen molar-refractivity contribution in [1.82, 2.24) is 14.8 Å². The van der Waals surface area contributed by atoms with E-state index in [1.165, 1.54) is 30.0 Å². The molecule has 1 aromatic heterocycles. The number of hydrogen-bond donors (Lipinski definition) is 1. The Bertz CT molecular complexity index is 1290. The summed E-state index contributed by atoms with van der Waals surface area (Å²) in [4.78, 5) is 12.7. The number of anilines is 1. The molecule has 0 fully saturated rings. The Morgan fingerprint density at radius 3 is 2.48 bits per heavy atom. The molecule has 0 aliphatic carbocycles. The van der Waals surface area contributed by atoms with Crippen LogP contribution in [0.25, 0.3) is 17.1 Å². The molecule has 0 aliphatic rings. The summed E-state index contributed by atoms with van der Waals surface area (Å²) in [5.74, 6) is -0.680. The number of amides is 1. The van der Waals surface area contributed by atoms with Crippen molar-refractivity contribution in [3.63, 3.8) is 0 Å². The van der Waals surface area contributed by atoms with E-state index in [9.17, 15) is 13.6 Å². The van der Waals surface area contributed by atoms with Crippen LogP contribution >= 0.6 is 11.8 Å². The molecule has 33 heavy (non-hydrogen) atoms. The van der Waals surface area contributed by atoms with Gasteiger partial charge in [0, 0.05) is 11.4 Å². The Hall–Kier alpha value is -3.52. The number of aromatic nitrogens is 3. The highest BCUT2D eigenvalue weighted by molar-refractivity contribution is 7.99. The minimum absolute atomic E-state index is 0.0775. The van der Waals surface area contributed by atoms with E-state index in [4.69, 9.17) is 0 Å². The largest absolute Gasteiger partial charge is 0.325 e. The molecule has 4 rings (SSSR count). The van der Waals surface area contributed by atoms with Crippen LogP contribution in [0, 0.1) is 18.6 Å². The van der Waals surface area contributed by atoms with Crippen LogP contribution in [0.5, 0.6) is 0 Å². The van der Waals surface area contributed by atoms with Crippen LogP contribution in [0.4, 0.5) is 14.5 Å². The van der Waals surface area contributed by atoms with Crippen molar-refractivity contribution in [3.05, 3.63) is 89.5 Å². The molecule has 168 valence electrons. The fraction of sp³-hybridized carbons (Fsp3) is 0.160. The summed E-state index contributed by atoms with van der Waals surface area (Å²) >= 11 is 1.18. The Balaban J connectivity index is 1.63. The SMILES string of the molecule is CCc1cccc(C)c1NC(=O)CSc1nnc(-c2ccccc2F)n1-c1ccc(F)cc1. The normalized spacial score (nSPS) is 10.9. The number of aryl methyl sites for hydroxylation is 2. The first kappa shape index (κ1) is 22.7. The van der Waals surface area contributed by atoms with Gasteiger partial charge in [0.1, 0.15) is 11.6 Å². The summed E-state index contributed by atoms with van der Waals surface area (Å²) in [5.41, 5.74) is 3.69. The fourth-order valence-electron chi connectivity index (χ4n) is 3.51. The van der Waals surface area contributed by atoms with Gasteiger partial charge in [-0.3, -0.25) is 9.36 Å². The van der Waals surface area contributed by atoms with Gasteiger partial charge in [0.25, 0.3) is 0 Å². The first-order chi connectivity index (χ1) is 16.0. The van der Waals surface area contributed by atoms with Gasteiger partial charge in [0.05, 0.1) is 11.3 Å². The number of carbonyl (C=O) groups excluding carboxylic acids is 1. The third kappa shape index (κ3) is 4.96. The molecule has 0 spiro atoms. The van der Waals surface area contributed by atoms with Crippen molar-refractivity contribution in [1.29, 1.82) is 0 Å². The minimum Gasteiger partial charge on any atom is -0.325 e. The number of rotatable bonds is 7. The van der Waals surface area contributed by atoms with Gasteiger partial charge in [0.15, 0.2) is 11.0 Å². The molecule has 1 heterocycles. The zero-order valence-corrected chi connectivity index (χ0v) is 19.0. The average Bonchev–Trinajstić information content (AvgIpc) is 3.23. The maximum absolute atomic E-state index is 14.5. The van der Waals surface area contributed by atoms with Crippen LogP contribution < -0.4 is 5.32 Å². The quantitative estimate of drug-likeness (QED) is 0.351. The van der Waals surface area contributed by atoms with Gasteiger partial charge >= 0.3 is 0 Å². The summed E-state index contributed by atoms with van der Waals surface area (Å²) in [6.07, 6.45) is 0.801. The second-order valence-electron chi connectivity index (χ2n) is 7.40. The number of carbonyl (C=O) groups is 1. The number of thioether (sulfide) groups is 1. The van der Waals surface area contributed by atoms with Crippen LogP contribution in [0.15, 0.2) is 71.9 Å². The summed E-state index contributed by atoms with van der Waals surface area (Å²) in [7, 11) is 0. The zero-order chi connectivity index (χ0) is 23.4. The number of para-hydroxylation sites is 1. The summed E-state index contributed by atoms with van der Waals surface area (Å²) in [5, 5.41) is 11.8. The van der Waals surface area contributed by atoms with E-state index in [0.717, 1.165) is 23.2 Å². The second kappa shape index (κ2) is 9.95. The summed E-state index contributed by atoms with van der Waals surface area (Å²) < 4.78 is 29.6. The first-order valence-electron chi connectivity index (χ1n) is 10.4. The van der Waals surface area contributed by atoms with E-state index in [2.05, 4.69) is 15.5 Å². The molecule has 0 unspecified atom stereocenters. The molecular weight excluding hydrogens is 442 g/mol. The lowest BCUT2D eigenvalue weighted by Gasteiger charge is -2.13. The second-order valence-corrected chi connectivity index (χ2v) is 8.34. The highest BCUT2D eigenvalue weighted by atomic mass is 32.2. The molecule has 0 bridgehead atoms. The average molecular weight is 465 g/mol. The van der Waals surface area contributed by atoms with Crippen molar-refractivity contribution in [3.8, 4) is 17.1 Å². The van der Waals surface area contributed by atoms with Gasteiger partial charge in [0.2, 0.25) is 5.91 Å². The maximum Gasteiger partial charge on any atom is 0.234 e. The number of hydrogen-bond acceptors (Lipinski definition) is 4. The molecular formula is C25H22F2N4OS. The predicted octanol–water partition coefficient (Wildman–Crippen LogP) is 5.81. The van der Waals surface area contributed by atoms with Crippen molar-refractivity contribution in [2.24, 2.45) is 0 Å². The topological polar surface area (TPSA) is 59.8 Å². The minimum atomic E-state index is -0.450. The van der Waals surface area contributed by atoms with Crippen molar-refractivity contribution < 1.29 is 13.6 Å². The molecule has 0 aliphatic heterocycles. The van der Waals surface area contributed by atoms with Crippen LogP contribution in [0.1, 0.15) is 18.1 Å². The Kier molecular flexibility index (Phi) is 6.84. The third-order valence-electron chi connectivity index (χ3n) is 5.17. The van der Waals surface area contributed by atoms with E-state index < -0.39 is 11.6 Å². The molecule has 0 atom stereocenters. The maximum atomic E-state index is 14.5. The highest BCUT2D eigenvalue weighted by Gasteiger charge is 2.20. The van der Waals surface area contributed by atoms with Gasteiger partial charge < -0.3 is 5.32 Å². The Morgan fingerprint density at radius 1 is 1.00 bits per heavy atom. The Morgan fingerprint density at radius 2 is 1.76 bits per heavy atom. The van der Waals surface area contributed by atoms with Crippen LogP contribution in [-0.2, 0) is 11.2 Å². The van der Waals surface area contributed by atoms with Crippen LogP contribution in [-0.4, -0.2) is 26.4 Å². The molecule has 3 aromatic carbocycles. The van der Waals surface area contributed by atoms with Gasteiger partial charge in [-0.1, -0.05) is 49.0 Å². The lowest BCUT2D eigenvalue weighted by molar-refractivity contribution is -0.113. The first-order valence-corrected chi connectivity index (χ1v) is 11.4. The smallest absolute Gasteiger partial charge is 0.234 e. The number of nitrogens with zero attached hydrogens (tertiary/aromatic N) is 3. The molecule has 0 saturated heterocycles. The molecule has 1 N–H and O–H groups in total. The van der Waals surface area contributed by atoms with E-state index in [1.807, 2.05) is 32.0 Å².